The van der Waals surface area contributed by atoms with Crippen molar-refractivity contribution >= 4 is 5.97 Å². The smallest absolute Gasteiger partial charge is 0.416 e. The van der Waals surface area contributed by atoms with Crippen molar-refractivity contribution in [1.82, 2.24) is 10.1 Å². The number of aromatic nitrogens is 2. The van der Waals surface area contributed by atoms with E-state index in [4.69, 9.17) is 4.52 Å². The second kappa shape index (κ2) is 5.94. The lowest BCUT2D eigenvalue weighted by Gasteiger charge is -2.07. The topological polar surface area (TPSA) is 65.2 Å². The summed E-state index contributed by atoms with van der Waals surface area (Å²) in [5.74, 6) is -0.975. The molecule has 0 amide bonds. The number of halogens is 3. The molecule has 2 aromatic rings. The van der Waals surface area contributed by atoms with Crippen molar-refractivity contribution in [3.05, 3.63) is 47.1 Å². The molecule has 0 saturated heterocycles. The second-order valence-corrected chi connectivity index (χ2v) is 4.11. The average molecular weight is 300 g/mol. The summed E-state index contributed by atoms with van der Waals surface area (Å²) in [6, 6.07) is 4.78. The molecule has 0 aliphatic rings. The number of ether oxygens (including phenoxy) is 1. The number of carbonyl (C=O) groups is 1. The zero-order valence-electron chi connectivity index (χ0n) is 11.0. The zero-order chi connectivity index (χ0) is 15.5. The van der Waals surface area contributed by atoms with Gasteiger partial charge in [-0.3, -0.25) is 0 Å². The molecule has 5 nitrogen and oxygen atoms in total. The molecule has 1 heterocycles. The number of carbonyl (C=O) groups excluding carboxylic acids is 1. The Morgan fingerprint density at radius 2 is 2.14 bits per heavy atom. The van der Waals surface area contributed by atoms with Crippen LogP contribution in [-0.4, -0.2) is 22.7 Å². The molecule has 1 aromatic heterocycles. The van der Waals surface area contributed by atoms with Crippen molar-refractivity contribution in [2.75, 3.05) is 6.61 Å². The zero-order valence-corrected chi connectivity index (χ0v) is 11.0. The highest BCUT2D eigenvalue weighted by Gasteiger charge is 2.30. The summed E-state index contributed by atoms with van der Waals surface area (Å²) in [5.41, 5.74) is -0.393. The first-order chi connectivity index (χ1) is 9.90. The lowest BCUT2D eigenvalue weighted by atomic mass is 10.1. The fraction of sp³-hybridized carbons (Fsp3) is 0.308. The molecular weight excluding hydrogens is 289 g/mol. The lowest BCUT2D eigenvalue weighted by molar-refractivity contribution is -0.137. The van der Waals surface area contributed by atoms with Crippen LogP contribution < -0.4 is 0 Å². The average Bonchev–Trinajstić information content (AvgIpc) is 2.87. The third kappa shape index (κ3) is 3.80. The third-order valence-electron chi connectivity index (χ3n) is 2.53. The van der Waals surface area contributed by atoms with Gasteiger partial charge in [-0.1, -0.05) is 23.4 Å². The van der Waals surface area contributed by atoms with Gasteiger partial charge in [-0.2, -0.15) is 18.2 Å². The molecule has 0 spiro atoms. The van der Waals surface area contributed by atoms with Gasteiger partial charge in [-0.05, 0) is 18.6 Å². The summed E-state index contributed by atoms with van der Waals surface area (Å²) in [6.45, 7) is 1.78. The minimum atomic E-state index is -4.41. The van der Waals surface area contributed by atoms with E-state index in [1.807, 2.05) is 0 Å². The van der Waals surface area contributed by atoms with E-state index < -0.39 is 17.7 Å². The van der Waals surface area contributed by atoms with E-state index in [9.17, 15) is 18.0 Å². The lowest BCUT2D eigenvalue weighted by Crippen LogP contribution is -2.06. The monoisotopic (exact) mass is 300 g/mol. The molecule has 112 valence electrons. The Hall–Kier alpha value is -2.38. The summed E-state index contributed by atoms with van der Waals surface area (Å²) in [5, 5.41) is 3.54. The summed E-state index contributed by atoms with van der Waals surface area (Å²) >= 11 is 0. The molecular formula is C13H11F3N2O3. The first-order valence-electron chi connectivity index (χ1n) is 6.06. The van der Waals surface area contributed by atoms with E-state index in [-0.39, 0.29) is 24.7 Å². The predicted molar refractivity (Wildman–Crippen MR) is 64.5 cm³/mol. The van der Waals surface area contributed by atoms with Gasteiger partial charge in [-0.15, -0.1) is 0 Å². The Morgan fingerprint density at radius 1 is 1.38 bits per heavy atom. The molecule has 21 heavy (non-hydrogen) atoms. The summed E-state index contributed by atoms with van der Waals surface area (Å²) in [6.07, 6.45) is -4.39. The minimum absolute atomic E-state index is 0.0207. The quantitative estimate of drug-likeness (QED) is 0.812. The van der Waals surface area contributed by atoms with Gasteiger partial charge in [0.25, 0.3) is 0 Å². The number of alkyl halides is 3. The van der Waals surface area contributed by atoms with Gasteiger partial charge in [-0.25, -0.2) is 4.79 Å². The molecule has 0 N–H and O–H groups in total. The van der Waals surface area contributed by atoms with E-state index in [2.05, 4.69) is 14.9 Å². The normalized spacial score (nSPS) is 11.4. The molecule has 0 aliphatic carbocycles. The number of benzene rings is 1. The molecule has 0 saturated carbocycles. The standard InChI is InChI=1S/C13H11F3N2O3/c1-2-20-12(19)11-17-10(18-21-11)7-8-4-3-5-9(6-8)13(14,15)16/h3-6H,2,7H2,1H3. The van der Waals surface area contributed by atoms with Gasteiger partial charge >= 0.3 is 18.0 Å². The van der Waals surface area contributed by atoms with Crippen molar-refractivity contribution in [2.24, 2.45) is 0 Å². The number of nitrogens with zero attached hydrogens (tertiary/aromatic N) is 2. The van der Waals surface area contributed by atoms with Crippen molar-refractivity contribution < 1.29 is 27.2 Å². The third-order valence-corrected chi connectivity index (χ3v) is 2.53. The predicted octanol–water partition coefficient (Wildman–Crippen LogP) is 2.86. The fourth-order valence-corrected chi connectivity index (χ4v) is 1.64. The summed E-state index contributed by atoms with van der Waals surface area (Å²) in [7, 11) is 0. The highest BCUT2D eigenvalue weighted by atomic mass is 19.4. The molecule has 0 atom stereocenters. The van der Waals surface area contributed by atoms with Crippen LogP contribution in [0.5, 0.6) is 0 Å². The SMILES string of the molecule is CCOC(=O)c1nc(Cc2cccc(C(F)(F)F)c2)no1. The molecule has 8 heteroatoms. The van der Waals surface area contributed by atoms with Gasteiger partial charge in [0.15, 0.2) is 5.82 Å². The maximum Gasteiger partial charge on any atom is 0.416 e. The van der Waals surface area contributed by atoms with Crippen molar-refractivity contribution in [2.45, 2.75) is 19.5 Å². The van der Waals surface area contributed by atoms with Crippen LogP contribution in [0.4, 0.5) is 13.2 Å². The van der Waals surface area contributed by atoms with E-state index in [1.54, 1.807) is 6.92 Å². The first kappa shape index (κ1) is 15.0. The van der Waals surface area contributed by atoms with Crippen molar-refractivity contribution in [3.8, 4) is 0 Å². The molecule has 1 aromatic carbocycles. The molecule has 0 aliphatic heterocycles. The van der Waals surface area contributed by atoms with Gasteiger partial charge in [0, 0.05) is 6.42 Å². The molecule has 0 radical (unpaired) electrons. The molecule has 2 rings (SSSR count). The Morgan fingerprint density at radius 3 is 2.81 bits per heavy atom. The van der Waals surface area contributed by atoms with Crippen LogP contribution in [0.25, 0.3) is 0 Å². The number of hydrogen-bond acceptors (Lipinski definition) is 5. The number of hydrogen-bond donors (Lipinski definition) is 0. The van der Waals surface area contributed by atoms with E-state index in [0.29, 0.717) is 5.56 Å². The van der Waals surface area contributed by atoms with Crippen molar-refractivity contribution in [1.29, 1.82) is 0 Å². The largest absolute Gasteiger partial charge is 0.459 e. The highest BCUT2D eigenvalue weighted by molar-refractivity contribution is 5.83. The number of esters is 1. The van der Waals surface area contributed by atoms with Crippen LogP contribution in [0, 0.1) is 0 Å². The van der Waals surface area contributed by atoms with E-state index in [1.165, 1.54) is 12.1 Å². The maximum absolute atomic E-state index is 12.6. The molecule has 0 bridgehead atoms. The Labute approximate surface area is 117 Å². The fourth-order valence-electron chi connectivity index (χ4n) is 1.64. The molecule has 0 unspecified atom stereocenters. The van der Waals surface area contributed by atoms with Gasteiger partial charge in [0.05, 0.1) is 12.2 Å². The summed E-state index contributed by atoms with van der Waals surface area (Å²) in [4.78, 5) is 15.1. The van der Waals surface area contributed by atoms with Gasteiger partial charge < -0.3 is 9.26 Å². The van der Waals surface area contributed by atoms with Crippen LogP contribution >= 0.6 is 0 Å². The highest BCUT2D eigenvalue weighted by Crippen LogP contribution is 2.29. The van der Waals surface area contributed by atoms with Crippen LogP contribution in [-0.2, 0) is 17.3 Å². The minimum Gasteiger partial charge on any atom is -0.459 e. The van der Waals surface area contributed by atoms with E-state index >= 15 is 0 Å². The van der Waals surface area contributed by atoms with E-state index in [0.717, 1.165) is 12.1 Å². The Bertz CT molecular complexity index is 638. The Balaban J connectivity index is 2.14. The molecule has 0 fully saturated rings. The Kier molecular flexibility index (Phi) is 4.25. The van der Waals surface area contributed by atoms with Crippen molar-refractivity contribution in [3.63, 3.8) is 0 Å². The van der Waals surface area contributed by atoms with Gasteiger partial charge in [0.2, 0.25) is 0 Å². The summed E-state index contributed by atoms with van der Waals surface area (Å²) < 4.78 is 47.1. The first-order valence-corrected chi connectivity index (χ1v) is 6.06. The second-order valence-electron chi connectivity index (χ2n) is 4.11. The maximum atomic E-state index is 12.6. The van der Waals surface area contributed by atoms with Gasteiger partial charge in [0.1, 0.15) is 0 Å². The van der Waals surface area contributed by atoms with Crippen LogP contribution in [0.2, 0.25) is 0 Å². The van der Waals surface area contributed by atoms with Crippen LogP contribution in [0.1, 0.15) is 34.6 Å². The van der Waals surface area contributed by atoms with Crippen LogP contribution in [0.3, 0.4) is 0 Å². The van der Waals surface area contributed by atoms with Crippen LogP contribution in [0.15, 0.2) is 28.8 Å². The number of rotatable bonds is 4.